The van der Waals surface area contributed by atoms with Gasteiger partial charge in [-0.25, -0.2) is 0 Å². The number of piperidine rings is 1. The summed E-state index contributed by atoms with van der Waals surface area (Å²) in [4.78, 5) is 13.0. The van der Waals surface area contributed by atoms with E-state index < -0.39 is 0 Å². The molecule has 4 nitrogen and oxygen atoms in total. The quantitative estimate of drug-likeness (QED) is 0.838. The molecule has 2 rings (SSSR count). The van der Waals surface area contributed by atoms with Crippen molar-refractivity contribution in [1.29, 1.82) is 0 Å². The molecular formula is C13H17ClN2O2. The molecule has 0 aliphatic carbocycles. The topological polar surface area (TPSA) is 55.6 Å². The number of anilines is 1. The molecule has 0 bridgehead atoms. The average Bonchev–Trinajstić information content (AvgIpc) is 2.33. The van der Waals surface area contributed by atoms with E-state index in [-0.39, 0.29) is 12.0 Å². The van der Waals surface area contributed by atoms with Gasteiger partial charge in [0.25, 0.3) is 0 Å². The molecule has 0 spiro atoms. The Hall–Kier alpha value is -1.42. The smallest absolute Gasteiger partial charge is 0.219 e. The minimum Gasteiger partial charge on any atom is -0.489 e. The van der Waals surface area contributed by atoms with E-state index in [1.54, 1.807) is 25.1 Å². The first-order valence-corrected chi connectivity index (χ1v) is 6.41. The van der Waals surface area contributed by atoms with Crippen LogP contribution in [-0.2, 0) is 4.79 Å². The van der Waals surface area contributed by atoms with Gasteiger partial charge in [0.2, 0.25) is 5.91 Å². The molecule has 5 heteroatoms. The number of likely N-dealkylation sites (tertiary alicyclic amines) is 1. The van der Waals surface area contributed by atoms with Crippen LogP contribution >= 0.6 is 11.6 Å². The highest BCUT2D eigenvalue weighted by molar-refractivity contribution is 6.32. The summed E-state index contributed by atoms with van der Waals surface area (Å²) >= 11 is 6.06. The molecule has 0 unspecified atom stereocenters. The van der Waals surface area contributed by atoms with Gasteiger partial charge in [0.05, 0.1) is 5.02 Å². The Morgan fingerprint density at radius 3 is 2.67 bits per heavy atom. The number of amides is 1. The summed E-state index contributed by atoms with van der Waals surface area (Å²) in [5, 5.41) is 0.531. The Kier molecular flexibility index (Phi) is 3.97. The summed E-state index contributed by atoms with van der Waals surface area (Å²) in [6.07, 6.45) is 1.78. The van der Waals surface area contributed by atoms with Gasteiger partial charge in [-0.3, -0.25) is 4.79 Å². The van der Waals surface area contributed by atoms with Gasteiger partial charge in [-0.1, -0.05) is 11.6 Å². The number of carbonyl (C=O) groups is 1. The zero-order valence-corrected chi connectivity index (χ0v) is 11.1. The summed E-state index contributed by atoms with van der Waals surface area (Å²) in [6, 6.07) is 5.24. The Balaban J connectivity index is 1.93. The second kappa shape index (κ2) is 5.48. The molecule has 0 aromatic heterocycles. The number of halogens is 1. The highest BCUT2D eigenvalue weighted by Gasteiger charge is 2.22. The van der Waals surface area contributed by atoms with Crippen molar-refractivity contribution < 1.29 is 9.53 Å². The number of carbonyl (C=O) groups excluding carboxylic acids is 1. The summed E-state index contributed by atoms with van der Waals surface area (Å²) in [7, 11) is 0. The van der Waals surface area contributed by atoms with Gasteiger partial charge in [-0.2, -0.15) is 0 Å². The first-order valence-electron chi connectivity index (χ1n) is 6.03. The van der Waals surface area contributed by atoms with Crippen molar-refractivity contribution in [3.63, 3.8) is 0 Å². The fourth-order valence-corrected chi connectivity index (χ4v) is 2.31. The average molecular weight is 269 g/mol. The van der Waals surface area contributed by atoms with Crippen LogP contribution in [0.3, 0.4) is 0 Å². The SMILES string of the molecule is CC(=O)N1CCC(Oc2ccc(N)cc2Cl)CC1. The summed E-state index contributed by atoms with van der Waals surface area (Å²) < 4.78 is 5.84. The van der Waals surface area contributed by atoms with E-state index in [1.165, 1.54) is 0 Å². The Morgan fingerprint density at radius 1 is 1.44 bits per heavy atom. The fourth-order valence-electron chi connectivity index (χ4n) is 2.08. The normalized spacial score (nSPS) is 16.7. The second-order valence-electron chi connectivity index (χ2n) is 4.51. The summed E-state index contributed by atoms with van der Waals surface area (Å²) in [6.45, 7) is 3.08. The maximum absolute atomic E-state index is 11.2. The van der Waals surface area contributed by atoms with Gasteiger partial charge < -0.3 is 15.4 Å². The van der Waals surface area contributed by atoms with Crippen LogP contribution in [0.2, 0.25) is 5.02 Å². The lowest BCUT2D eigenvalue weighted by Gasteiger charge is -2.31. The van der Waals surface area contributed by atoms with Gasteiger partial charge in [0.1, 0.15) is 11.9 Å². The van der Waals surface area contributed by atoms with E-state index in [0.29, 0.717) is 16.5 Å². The lowest BCUT2D eigenvalue weighted by molar-refractivity contribution is -0.130. The largest absolute Gasteiger partial charge is 0.489 e. The van der Waals surface area contributed by atoms with E-state index in [9.17, 15) is 4.79 Å². The van der Waals surface area contributed by atoms with Gasteiger partial charge in [0, 0.05) is 38.5 Å². The Labute approximate surface area is 112 Å². The lowest BCUT2D eigenvalue weighted by atomic mass is 10.1. The first-order chi connectivity index (χ1) is 8.56. The van der Waals surface area contributed by atoms with Gasteiger partial charge in [0.15, 0.2) is 0 Å². The van der Waals surface area contributed by atoms with Crippen molar-refractivity contribution in [1.82, 2.24) is 4.90 Å². The van der Waals surface area contributed by atoms with Crippen LogP contribution in [0.5, 0.6) is 5.75 Å². The van der Waals surface area contributed by atoms with Crippen LogP contribution in [0.15, 0.2) is 18.2 Å². The van der Waals surface area contributed by atoms with Crippen molar-refractivity contribution in [3.05, 3.63) is 23.2 Å². The monoisotopic (exact) mass is 268 g/mol. The molecule has 1 amide bonds. The molecule has 2 N–H and O–H groups in total. The van der Waals surface area contributed by atoms with Gasteiger partial charge >= 0.3 is 0 Å². The maximum atomic E-state index is 11.2. The van der Waals surface area contributed by atoms with Crippen LogP contribution in [0.1, 0.15) is 19.8 Å². The van der Waals surface area contributed by atoms with Gasteiger partial charge in [-0.05, 0) is 18.2 Å². The molecule has 98 valence electrons. The van der Waals surface area contributed by atoms with Crippen LogP contribution in [0.25, 0.3) is 0 Å². The van der Waals surface area contributed by atoms with E-state index in [1.807, 2.05) is 4.90 Å². The predicted molar refractivity (Wildman–Crippen MR) is 71.8 cm³/mol. The van der Waals surface area contributed by atoms with Crippen molar-refractivity contribution in [2.24, 2.45) is 0 Å². The van der Waals surface area contributed by atoms with E-state index in [2.05, 4.69) is 0 Å². The lowest BCUT2D eigenvalue weighted by Crippen LogP contribution is -2.40. The number of hydrogen-bond acceptors (Lipinski definition) is 3. The Bertz CT molecular complexity index is 443. The fraction of sp³-hybridized carbons (Fsp3) is 0.462. The minimum atomic E-state index is 0.113. The van der Waals surface area contributed by atoms with Crippen molar-refractivity contribution >= 4 is 23.2 Å². The second-order valence-corrected chi connectivity index (χ2v) is 4.92. The van der Waals surface area contributed by atoms with E-state index in [4.69, 9.17) is 22.1 Å². The third-order valence-electron chi connectivity index (χ3n) is 3.14. The molecule has 1 heterocycles. The molecule has 1 aromatic carbocycles. The van der Waals surface area contributed by atoms with E-state index >= 15 is 0 Å². The zero-order chi connectivity index (χ0) is 13.1. The third-order valence-corrected chi connectivity index (χ3v) is 3.43. The molecule has 0 atom stereocenters. The summed E-state index contributed by atoms with van der Waals surface area (Å²) in [5.74, 6) is 0.783. The van der Waals surface area contributed by atoms with Crippen LogP contribution in [0, 0.1) is 0 Å². The minimum absolute atomic E-state index is 0.113. The van der Waals surface area contributed by atoms with Crippen molar-refractivity contribution in [3.8, 4) is 5.75 Å². The highest BCUT2D eigenvalue weighted by Crippen LogP contribution is 2.29. The Morgan fingerprint density at radius 2 is 2.11 bits per heavy atom. The van der Waals surface area contributed by atoms with Crippen molar-refractivity contribution in [2.45, 2.75) is 25.9 Å². The zero-order valence-electron chi connectivity index (χ0n) is 10.4. The number of ether oxygens (including phenoxy) is 1. The molecule has 1 aromatic rings. The molecule has 0 saturated carbocycles. The number of hydrogen-bond donors (Lipinski definition) is 1. The molecule has 0 radical (unpaired) electrons. The highest BCUT2D eigenvalue weighted by atomic mass is 35.5. The molecule has 1 saturated heterocycles. The maximum Gasteiger partial charge on any atom is 0.219 e. The third kappa shape index (κ3) is 3.07. The number of benzene rings is 1. The molecule has 1 fully saturated rings. The van der Waals surface area contributed by atoms with Crippen LogP contribution in [0.4, 0.5) is 5.69 Å². The summed E-state index contributed by atoms with van der Waals surface area (Å²) in [5.41, 5.74) is 6.25. The molecule has 1 aliphatic rings. The van der Waals surface area contributed by atoms with Crippen LogP contribution < -0.4 is 10.5 Å². The predicted octanol–water partition coefficient (Wildman–Crippen LogP) is 2.31. The molecular weight excluding hydrogens is 252 g/mol. The van der Waals surface area contributed by atoms with E-state index in [0.717, 1.165) is 25.9 Å². The van der Waals surface area contributed by atoms with Gasteiger partial charge in [-0.15, -0.1) is 0 Å². The number of nitrogens with zero attached hydrogens (tertiary/aromatic N) is 1. The number of nitrogen functional groups attached to an aromatic ring is 1. The molecule has 18 heavy (non-hydrogen) atoms. The number of nitrogens with two attached hydrogens (primary N) is 1. The van der Waals surface area contributed by atoms with Crippen molar-refractivity contribution in [2.75, 3.05) is 18.8 Å². The standard InChI is InChI=1S/C13H17ClN2O2/c1-9(17)16-6-4-11(5-7-16)18-13-3-2-10(15)8-12(13)14/h2-3,8,11H,4-7,15H2,1H3. The molecule has 1 aliphatic heterocycles. The first kappa shape index (κ1) is 13.0. The van der Waals surface area contributed by atoms with Crippen LogP contribution in [-0.4, -0.2) is 30.0 Å². The number of rotatable bonds is 2.